The molecule has 0 amide bonds. The smallest absolute Gasteiger partial charge is 0.204 e. The molecule has 0 saturated heterocycles. The van der Waals surface area contributed by atoms with Crippen molar-refractivity contribution in [1.29, 1.82) is 0 Å². The van der Waals surface area contributed by atoms with E-state index >= 15 is 0 Å². The van der Waals surface area contributed by atoms with Crippen LogP contribution in [0.15, 0.2) is 113 Å². The lowest BCUT2D eigenvalue weighted by molar-refractivity contribution is 0.594. The van der Waals surface area contributed by atoms with Crippen molar-refractivity contribution in [3.63, 3.8) is 0 Å². The van der Waals surface area contributed by atoms with Crippen LogP contribution in [0.2, 0.25) is 0 Å². The van der Waals surface area contributed by atoms with Crippen LogP contribution in [0.1, 0.15) is 11.6 Å². The first-order valence-corrected chi connectivity index (χ1v) is 9.96. The summed E-state index contributed by atoms with van der Waals surface area (Å²) in [7, 11) is -3.44. The van der Waals surface area contributed by atoms with Crippen LogP contribution >= 0.6 is 13.5 Å². The molecule has 0 bridgehead atoms. The predicted octanol–water partition coefficient (Wildman–Crippen LogP) is 4.49. The lowest BCUT2D eigenvalue weighted by Gasteiger charge is -2.16. The first-order valence-electron chi connectivity index (χ1n) is 8.48. The largest absolute Gasteiger partial charge is 0.302 e. The Hall–Kier alpha value is -2.34. The van der Waals surface area contributed by atoms with E-state index in [-0.39, 0.29) is 19.5 Å². The van der Waals surface area contributed by atoms with E-state index in [1.165, 1.54) is 0 Å². The molecule has 5 heteroatoms. The normalized spacial score (nSPS) is 15.7. The van der Waals surface area contributed by atoms with E-state index in [2.05, 4.69) is 5.32 Å². The van der Waals surface area contributed by atoms with Crippen LogP contribution in [0.4, 0.5) is 0 Å². The van der Waals surface area contributed by atoms with Gasteiger partial charge in [0.25, 0.3) is 0 Å². The van der Waals surface area contributed by atoms with E-state index < -0.39 is 9.84 Å². The molecular formula is C22H23NO2S2. The van der Waals surface area contributed by atoms with Crippen LogP contribution in [0.25, 0.3) is 0 Å². The van der Waals surface area contributed by atoms with Crippen molar-refractivity contribution in [2.24, 2.45) is 0 Å². The van der Waals surface area contributed by atoms with Crippen LogP contribution in [0, 0.1) is 0 Å². The number of benzene rings is 3. The molecule has 1 N–H and O–H groups in total. The maximum Gasteiger partial charge on any atom is 0.204 e. The van der Waals surface area contributed by atoms with Gasteiger partial charge in [0.2, 0.25) is 9.84 Å². The topological polar surface area (TPSA) is 46.2 Å². The minimum Gasteiger partial charge on any atom is -0.302 e. The predicted molar refractivity (Wildman–Crippen MR) is 116 cm³/mol. The number of hydrogen-bond donors (Lipinski definition) is 1. The van der Waals surface area contributed by atoms with E-state index in [1.54, 1.807) is 30.3 Å². The highest BCUT2D eigenvalue weighted by Gasteiger charge is 2.31. The molecule has 27 heavy (non-hydrogen) atoms. The summed E-state index contributed by atoms with van der Waals surface area (Å²) in [6.45, 7) is 0.570. The summed E-state index contributed by atoms with van der Waals surface area (Å²) < 4.78 is 25.4. The zero-order valence-corrected chi connectivity index (χ0v) is 16.6. The lowest BCUT2D eigenvalue weighted by Crippen LogP contribution is -2.20. The van der Waals surface area contributed by atoms with Crippen molar-refractivity contribution in [3.8, 4) is 0 Å². The second-order valence-corrected chi connectivity index (χ2v) is 7.78. The average Bonchev–Trinajstić information content (AvgIpc) is 3.22. The minimum absolute atomic E-state index is 0. The van der Waals surface area contributed by atoms with Gasteiger partial charge in [-0.1, -0.05) is 91.0 Å². The third-order valence-corrected chi connectivity index (χ3v) is 5.99. The third kappa shape index (κ3) is 5.32. The summed E-state index contributed by atoms with van der Waals surface area (Å²) in [4.78, 5) is 0.783. The van der Waals surface area contributed by atoms with Crippen LogP contribution in [-0.4, -0.2) is 15.0 Å². The SMILES string of the molecule is O=S(=O)(C1=CCNC1c1ccccc1)c1ccccc1.S.c1ccccc1. The quantitative estimate of drug-likeness (QED) is 0.708. The Balaban J connectivity index is 0.000000320. The number of rotatable bonds is 3. The van der Waals surface area contributed by atoms with Crippen molar-refractivity contribution in [2.45, 2.75) is 10.9 Å². The Kier molecular flexibility index (Phi) is 7.85. The van der Waals surface area contributed by atoms with E-state index in [4.69, 9.17) is 0 Å². The van der Waals surface area contributed by atoms with E-state index in [1.807, 2.05) is 72.8 Å². The molecule has 1 heterocycles. The van der Waals surface area contributed by atoms with Gasteiger partial charge in [0.05, 0.1) is 15.8 Å². The molecule has 0 aliphatic carbocycles. The van der Waals surface area contributed by atoms with Gasteiger partial charge in [-0.25, -0.2) is 8.42 Å². The molecule has 0 aromatic heterocycles. The molecule has 1 atom stereocenters. The Morgan fingerprint density at radius 2 is 1.15 bits per heavy atom. The van der Waals surface area contributed by atoms with Crippen molar-refractivity contribution in [3.05, 3.63) is 114 Å². The van der Waals surface area contributed by atoms with Crippen LogP contribution in [0.5, 0.6) is 0 Å². The van der Waals surface area contributed by atoms with E-state index in [9.17, 15) is 8.42 Å². The maximum absolute atomic E-state index is 12.7. The van der Waals surface area contributed by atoms with Gasteiger partial charge in [0.1, 0.15) is 0 Å². The van der Waals surface area contributed by atoms with Crippen molar-refractivity contribution in [1.82, 2.24) is 5.32 Å². The minimum atomic E-state index is -3.44. The average molecular weight is 398 g/mol. The Bertz CT molecular complexity index is 915. The first kappa shape index (κ1) is 21.0. The van der Waals surface area contributed by atoms with Gasteiger partial charge in [0.15, 0.2) is 0 Å². The molecule has 3 nitrogen and oxygen atoms in total. The van der Waals surface area contributed by atoms with Gasteiger partial charge in [-0.05, 0) is 17.7 Å². The summed E-state index contributed by atoms with van der Waals surface area (Å²) in [6.07, 6.45) is 1.76. The van der Waals surface area contributed by atoms with Crippen molar-refractivity contribution >= 4 is 23.3 Å². The van der Waals surface area contributed by atoms with Crippen molar-refractivity contribution < 1.29 is 8.42 Å². The molecule has 0 radical (unpaired) electrons. The molecule has 0 spiro atoms. The molecule has 1 unspecified atom stereocenters. The molecule has 0 fully saturated rings. The molecule has 3 aromatic rings. The molecule has 4 rings (SSSR count). The number of hydrogen-bond acceptors (Lipinski definition) is 3. The highest BCUT2D eigenvalue weighted by molar-refractivity contribution is 7.95. The van der Waals surface area contributed by atoms with E-state index in [0.717, 1.165) is 5.56 Å². The fraction of sp³-hybridized carbons (Fsp3) is 0.0909. The Labute approximate surface area is 168 Å². The number of nitrogens with one attached hydrogen (secondary N) is 1. The second-order valence-electron chi connectivity index (χ2n) is 5.83. The molecule has 0 saturated carbocycles. The zero-order chi connectivity index (χ0) is 18.2. The molecule has 1 aliphatic rings. The van der Waals surface area contributed by atoms with E-state index in [0.29, 0.717) is 16.3 Å². The Morgan fingerprint density at radius 3 is 1.67 bits per heavy atom. The Morgan fingerprint density at radius 1 is 0.704 bits per heavy atom. The van der Waals surface area contributed by atoms with Crippen LogP contribution in [0.3, 0.4) is 0 Å². The first-order chi connectivity index (χ1) is 12.7. The summed E-state index contributed by atoms with van der Waals surface area (Å²) in [6, 6.07) is 30.0. The fourth-order valence-electron chi connectivity index (χ4n) is 2.81. The highest BCUT2D eigenvalue weighted by Crippen LogP contribution is 2.33. The third-order valence-electron chi connectivity index (χ3n) is 4.07. The van der Waals surface area contributed by atoms with Gasteiger partial charge in [-0.2, -0.15) is 13.5 Å². The molecule has 1 aliphatic heterocycles. The van der Waals surface area contributed by atoms with Gasteiger partial charge in [0, 0.05) is 6.54 Å². The molecular weight excluding hydrogens is 374 g/mol. The molecule has 3 aromatic carbocycles. The zero-order valence-electron chi connectivity index (χ0n) is 14.8. The van der Waals surface area contributed by atoms with Crippen LogP contribution < -0.4 is 5.32 Å². The summed E-state index contributed by atoms with van der Waals surface area (Å²) in [5.41, 5.74) is 0.968. The highest BCUT2D eigenvalue weighted by atomic mass is 32.2. The summed E-state index contributed by atoms with van der Waals surface area (Å²) >= 11 is 0. The maximum atomic E-state index is 12.7. The second kappa shape index (κ2) is 10.1. The molecule has 140 valence electrons. The fourth-order valence-corrected chi connectivity index (χ4v) is 4.43. The van der Waals surface area contributed by atoms with Crippen LogP contribution in [-0.2, 0) is 9.84 Å². The summed E-state index contributed by atoms with van der Waals surface area (Å²) in [5.74, 6) is 0. The standard InChI is InChI=1S/C16H15NO2S.C6H6.H2S/c18-20(19,14-9-5-2-6-10-14)15-11-12-17-16(15)13-7-3-1-4-8-13;1-2-4-6-5-3-1;/h1-11,16-17H,12H2;1-6H;1H2. The van der Waals surface area contributed by atoms with Gasteiger partial charge in [-0.15, -0.1) is 0 Å². The van der Waals surface area contributed by atoms with Gasteiger partial charge < -0.3 is 5.32 Å². The lowest BCUT2D eigenvalue weighted by atomic mass is 10.1. The van der Waals surface area contributed by atoms with Crippen molar-refractivity contribution in [2.75, 3.05) is 6.54 Å². The van der Waals surface area contributed by atoms with Gasteiger partial charge in [-0.3, -0.25) is 0 Å². The number of sulfone groups is 1. The summed E-state index contributed by atoms with van der Waals surface area (Å²) in [5, 5.41) is 3.23. The monoisotopic (exact) mass is 397 g/mol. The van der Waals surface area contributed by atoms with Gasteiger partial charge >= 0.3 is 0 Å².